The Morgan fingerprint density at radius 1 is 1.35 bits per heavy atom. The molecule has 2 amide bonds. The van der Waals surface area contributed by atoms with Gasteiger partial charge >= 0.3 is 6.03 Å². The van der Waals surface area contributed by atoms with E-state index in [2.05, 4.69) is 15.2 Å². The largest absolute Gasteiger partial charge is 0.357 e. The first-order valence-corrected chi connectivity index (χ1v) is 9.04. The van der Waals surface area contributed by atoms with Crippen LogP contribution in [0.15, 0.2) is 36.5 Å². The number of anilines is 1. The summed E-state index contributed by atoms with van der Waals surface area (Å²) in [6.07, 6.45) is 4.13. The minimum atomic E-state index is -0.415. The molecule has 1 aliphatic rings. The Labute approximate surface area is 157 Å². The molecule has 3 rings (SSSR count). The predicted molar refractivity (Wildman–Crippen MR) is 101 cm³/mol. The summed E-state index contributed by atoms with van der Waals surface area (Å²) in [5.41, 5.74) is 1.29. The molecule has 0 radical (unpaired) electrons. The van der Waals surface area contributed by atoms with Gasteiger partial charge in [0.05, 0.1) is 6.54 Å². The summed E-state index contributed by atoms with van der Waals surface area (Å²) in [6.45, 7) is 2.54. The molecule has 1 N–H and O–H groups in total. The Morgan fingerprint density at radius 2 is 2.12 bits per heavy atom. The van der Waals surface area contributed by atoms with Crippen molar-refractivity contribution in [1.82, 2.24) is 15.2 Å². The highest BCUT2D eigenvalue weighted by atomic mass is 35.5. The molecule has 0 saturated carbocycles. The zero-order valence-corrected chi connectivity index (χ0v) is 15.5. The van der Waals surface area contributed by atoms with Crippen LogP contribution in [-0.2, 0) is 13.1 Å². The van der Waals surface area contributed by atoms with E-state index in [1.807, 2.05) is 12.1 Å². The Kier molecular flexibility index (Phi) is 5.93. The SMILES string of the molecule is CN(Cc1c(F)cccc1Cl)C(=O)NCc1ccnc(N2CCCC2)c1. The van der Waals surface area contributed by atoms with Crippen molar-refractivity contribution < 1.29 is 9.18 Å². The maximum absolute atomic E-state index is 13.9. The Morgan fingerprint density at radius 3 is 2.85 bits per heavy atom. The molecule has 1 aliphatic heterocycles. The van der Waals surface area contributed by atoms with E-state index in [1.165, 1.54) is 23.8 Å². The Hall–Kier alpha value is -2.34. The average Bonchev–Trinajstić information content (AvgIpc) is 3.18. The number of nitrogens with zero attached hydrogens (tertiary/aromatic N) is 3. The number of pyridine rings is 1. The maximum Gasteiger partial charge on any atom is 0.317 e. The van der Waals surface area contributed by atoms with E-state index < -0.39 is 5.82 Å². The highest BCUT2D eigenvalue weighted by molar-refractivity contribution is 6.31. The molecule has 26 heavy (non-hydrogen) atoms. The van der Waals surface area contributed by atoms with Gasteiger partial charge in [0.15, 0.2) is 0 Å². The molecule has 0 aliphatic carbocycles. The summed E-state index contributed by atoms with van der Waals surface area (Å²) in [5.74, 6) is 0.530. The lowest BCUT2D eigenvalue weighted by Gasteiger charge is -2.20. The Balaban J connectivity index is 1.57. The third kappa shape index (κ3) is 4.43. The number of hydrogen-bond donors (Lipinski definition) is 1. The molecule has 1 fully saturated rings. The van der Waals surface area contributed by atoms with Crippen molar-refractivity contribution in [3.63, 3.8) is 0 Å². The molecule has 1 saturated heterocycles. The van der Waals surface area contributed by atoms with Crippen LogP contribution in [-0.4, -0.2) is 36.1 Å². The smallest absolute Gasteiger partial charge is 0.317 e. The van der Waals surface area contributed by atoms with Gasteiger partial charge in [-0.25, -0.2) is 14.2 Å². The second-order valence-corrected chi connectivity index (χ2v) is 6.84. The molecule has 7 heteroatoms. The molecule has 0 bridgehead atoms. The highest BCUT2D eigenvalue weighted by Crippen LogP contribution is 2.21. The van der Waals surface area contributed by atoms with E-state index in [0.717, 1.165) is 24.5 Å². The van der Waals surface area contributed by atoms with Crippen LogP contribution in [0, 0.1) is 5.82 Å². The van der Waals surface area contributed by atoms with Crippen LogP contribution < -0.4 is 10.2 Å². The van der Waals surface area contributed by atoms with Crippen LogP contribution in [0.4, 0.5) is 15.0 Å². The van der Waals surface area contributed by atoms with Crippen molar-refractivity contribution in [2.45, 2.75) is 25.9 Å². The van der Waals surface area contributed by atoms with Crippen molar-refractivity contribution in [1.29, 1.82) is 0 Å². The third-order valence-corrected chi connectivity index (χ3v) is 4.84. The van der Waals surface area contributed by atoms with E-state index in [0.29, 0.717) is 17.1 Å². The van der Waals surface area contributed by atoms with Crippen molar-refractivity contribution >= 4 is 23.4 Å². The number of rotatable bonds is 5. The third-order valence-electron chi connectivity index (χ3n) is 4.49. The lowest BCUT2D eigenvalue weighted by atomic mass is 10.2. The second-order valence-electron chi connectivity index (χ2n) is 6.43. The summed E-state index contributed by atoms with van der Waals surface area (Å²) >= 11 is 6.02. The number of amides is 2. The molecule has 5 nitrogen and oxygen atoms in total. The van der Waals surface area contributed by atoms with Gasteiger partial charge in [0.2, 0.25) is 0 Å². The molecule has 2 heterocycles. The summed E-state index contributed by atoms with van der Waals surface area (Å²) in [7, 11) is 1.61. The molecule has 1 aromatic carbocycles. The monoisotopic (exact) mass is 376 g/mol. The van der Waals surface area contributed by atoms with Crippen LogP contribution in [0.1, 0.15) is 24.0 Å². The summed E-state index contributed by atoms with van der Waals surface area (Å²) < 4.78 is 13.9. The van der Waals surface area contributed by atoms with Crippen molar-refractivity contribution in [3.8, 4) is 0 Å². The summed E-state index contributed by atoms with van der Waals surface area (Å²) in [6, 6.07) is 8.09. The minimum Gasteiger partial charge on any atom is -0.357 e. The van der Waals surface area contributed by atoms with Gasteiger partial charge < -0.3 is 15.1 Å². The van der Waals surface area contributed by atoms with Gasteiger partial charge in [-0.3, -0.25) is 0 Å². The van der Waals surface area contributed by atoms with Gasteiger partial charge in [0, 0.05) is 43.5 Å². The normalized spacial score (nSPS) is 13.7. The number of nitrogens with one attached hydrogen (secondary N) is 1. The zero-order chi connectivity index (χ0) is 18.5. The van der Waals surface area contributed by atoms with Gasteiger partial charge in [-0.05, 0) is 42.7 Å². The Bertz CT molecular complexity index is 760. The first kappa shape index (κ1) is 18.5. The second kappa shape index (κ2) is 8.36. The lowest BCUT2D eigenvalue weighted by molar-refractivity contribution is 0.206. The predicted octanol–water partition coefficient (Wildman–Crippen LogP) is 3.82. The van der Waals surface area contributed by atoms with Crippen molar-refractivity contribution in [2.24, 2.45) is 0 Å². The fourth-order valence-corrected chi connectivity index (χ4v) is 3.22. The van der Waals surface area contributed by atoms with Crippen LogP contribution in [0.3, 0.4) is 0 Å². The molecule has 138 valence electrons. The van der Waals surface area contributed by atoms with E-state index >= 15 is 0 Å². The molecule has 0 spiro atoms. The summed E-state index contributed by atoms with van der Waals surface area (Å²) in [4.78, 5) is 20.4. The molecular formula is C19H22ClFN4O. The molecule has 0 unspecified atom stereocenters. The molecule has 2 aromatic rings. The van der Waals surface area contributed by atoms with Crippen molar-refractivity contribution in [2.75, 3.05) is 25.0 Å². The molecule has 0 atom stereocenters. The summed E-state index contributed by atoms with van der Waals surface area (Å²) in [5, 5.41) is 3.16. The van der Waals surface area contributed by atoms with Crippen LogP contribution in [0.25, 0.3) is 0 Å². The van der Waals surface area contributed by atoms with Gasteiger partial charge in [0.25, 0.3) is 0 Å². The number of benzene rings is 1. The van der Waals surface area contributed by atoms with Gasteiger partial charge in [-0.15, -0.1) is 0 Å². The highest BCUT2D eigenvalue weighted by Gasteiger charge is 2.15. The zero-order valence-electron chi connectivity index (χ0n) is 14.7. The number of aromatic nitrogens is 1. The van der Waals surface area contributed by atoms with E-state index in [9.17, 15) is 9.18 Å². The minimum absolute atomic E-state index is 0.104. The fourth-order valence-electron chi connectivity index (χ4n) is 2.99. The standard InChI is InChI=1S/C19H22ClFN4O/c1-24(13-15-16(20)5-4-6-17(15)21)19(26)23-12-14-7-8-22-18(11-14)25-9-2-3-10-25/h4-8,11H,2-3,9-10,12-13H2,1H3,(H,23,26). The van der Waals surface area contributed by atoms with Gasteiger partial charge in [0.1, 0.15) is 11.6 Å². The maximum atomic E-state index is 13.9. The number of carbonyl (C=O) groups is 1. The van der Waals surface area contributed by atoms with Crippen LogP contribution >= 0.6 is 11.6 Å². The quantitative estimate of drug-likeness (QED) is 0.863. The van der Waals surface area contributed by atoms with Gasteiger partial charge in [-0.2, -0.15) is 0 Å². The average molecular weight is 377 g/mol. The first-order valence-electron chi connectivity index (χ1n) is 8.66. The number of urea groups is 1. The number of halogens is 2. The van der Waals surface area contributed by atoms with Gasteiger partial charge in [-0.1, -0.05) is 17.7 Å². The van der Waals surface area contributed by atoms with E-state index in [1.54, 1.807) is 25.4 Å². The number of hydrogen-bond acceptors (Lipinski definition) is 3. The number of carbonyl (C=O) groups excluding carboxylic acids is 1. The van der Waals surface area contributed by atoms with Crippen LogP contribution in [0.5, 0.6) is 0 Å². The van der Waals surface area contributed by atoms with E-state index in [4.69, 9.17) is 11.6 Å². The first-order chi connectivity index (χ1) is 12.5. The topological polar surface area (TPSA) is 48.5 Å². The van der Waals surface area contributed by atoms with Crippen molar-refractivity contribution in [3.05, 3.63) is 58.5 Å². The molecular weight excluding hydrogens is 355 g/mol. The molecule has 1 aromatic heterocycles. The lowest BCUT2D eigenvalue weighted by Crippen LogP contribution is -2.36. The fraction of sp³-hybridized carbons (Fsp3) is 0.368. The van der Waals surface area contributed by atoms with Crippen LogP contribution in [0.2, 0.25) is 5.02 Å². The van der Waals surface area contributed by atoms with E-state index in [-0.39, 0.29) is 12.6 Å².